The first kappa shape index (κ1) is 10.3. The van der Waals surface area contributed by atoms with E-state index in [0.29, 0.717) is 11.1 Å². The van der Waals surface area contributed by atoms with Crippen molar-refractivity contribution < 1.29 is 9.90 Å². The third kappa shape index (κ3) is 1.91. The summed E-state index contributed by atoms with van der Waals surface area (Å²) >= 11 is 0. The first-order valence-corrected chi connectivity index (χ1v) is 4.78. The molecule has 2 aromatic rings. The van der Waals surface area contributed by atoms with Gasteiger partial charge in [0.15, 0.2) is 0 Å². The first-order valence-electron chi connectivity index (χ1n) is 4.78. The molecule has 0 aliphatic carbocycles. The maximum Gasteiger partial charge on any atom is 0.336 e. The molecule has 0 amide bonds. The van der Waals surface area contributed by atoms with Crippen LogP contribution in [0.4, 0.5) is 0 Å². The molecule has 0 spiro atoms. The molecule has 1 aromatic heterocycles. The van der Waals surface area contributed by atoms with E-state index in [2.05, 4.69) is 9.97 Å². The molecule has 16 heavy (non-hydrogen) atoms. The standard InChI is InChI=1S/C12H10N2O2/c1-8-2-3-10(12(15)16)11(4-8)9-5-13-7-14-6-9/h2-7H,1H3,(H,15,16). The number of hydrogen-bond donors (Lipinski definition) is 1. The summed E-state index contributed by atoms with van der Waals surface area (Å²) in [4.78, 5) is 18.8. The van der Waals surface area contributed by atoms with Crippen molar-refractivity contribution in [2.24, 2.45) is 0 Å². The van der Waals surface area contributed by atoms with Gasteiger partial charge in [-0.05, 0) is 18.6 Å². The van der Waals surface area contributed by atoms with Crippen LogP contribution in [0.1, 0.15) is 15.9 Å². The minimum Gasteiger partial charge on any atom is -0.478 e. The number of nitrogens with zero attached hydrogens (tertiary/aromatic N) is 2. The Balaban J connectivity index is 2.63. The Labute approximate surface area is 92.6 Å². The van der Waals surface area contributed by atoms with Gasteiger partial charge in [-0.15, -0.1) is 0 Å². The molecule has 4 nitrogen and oxygen atoms in total. The van der Waals surface area contributed by atoms with Gasteiger partial charge in [0.25, 0.3) is 0 Å². The molecule has 80 valence electrons. The van der Waals surface area contributed by atoms with E-state index in [1.807, 2.05) is 13.0 Å². The van der Waals surface area contributed by atoms with Crippen LogP contribution in [-0.4, -0.2) is 21.0 Å². The molecule has 4 heteroatoms. The Morgan fingerprint density at radius 1 is 1.25 bits per heavy atom. The highest BCUT2D eigenvalue weighted by Gasteiger charge is 2.11. The van der Waals surface area contributed by atoms with Crippen LogP contribution in [0.3, 0.4) is 0 Å². The number of aromatic carboxylic acids is 1. The van der Waals surface area contributed by atoms with Gasteiger partial charge >= 0.3 is 5.97 Å². The Kier molecular flexibility index (Phi) is 2.64. The van der Waals surface area contributed by atoms with E-state index in [0.717, 1.165) is 5.56 Å². The molecule has 0 radical (unpaired) electrons. The highest BCUT2D eigenvalue weighted by molar-refractivity contribution is 5.96. The van der Waals surface area contributed by atoms with Gasteiger partial charge in [-0.2, -0.15) is 0 Å². The molecule has 2 rings (SSSR count). The molecule has 0 saturated heterocycles. The second-order valence-electron chi connectivity index (χ2n) is 3.48. The molecule has 0 aliphatic heterocycles. The van der Waals surface area contributed by atoms with Gasteiger partial charge in [0.2, 0.25) is 0 Å². The molecular formula is C12H10N2O2. The predicted molar refractivity (Wildman–Crippen MR) is 59.2 cm³/mol. The molecule has 0 unspecified atom stereocenters. The summed E-state index contributed by atoms with van der Waals surface area (Å²) in [7, 11) is 0. The molecular weight excluding hydrogens is 204 g/mol. The maximum atomic E-state index is 11.1. The van der Waals surface area contributed by atoms with Crippen LogP contribution in [0.5, 0.6) is 0 Å². The number of hydrogen-bond acceptors (Lipinski definition) is 3. The topological polar surface area (TPSA) is 63.1 Å². The summed E-state index contributed by atoms with van der Waals surface area (Å²) in [5.41, 5.74) is 2.63. The van der Waals surface area contributed by atoms with Crippen molar-refractivity contribution in [2.45, 2.75) is 6.92 Å². The van der Waals surface area contributed by atoms with E-state index in [-0.39, 0.29) is 5.56 Å². The van der Waals surface area contributed by atoms with Crippen LogP contribution in [0.25, 0.3) is 11.1 Å². The quantitative estimate of drug-likeness (QED) is 0.831. The maximum absolute atomic E-state index is 11.1. The molecule has 0 fully saturated rings. The average Bonchev–Trinajstić information content (AvgIpc) is 2.29. The zero-order valence-corrected chi connectivity index (χ0v) is 8.71. The SMILES string of the molecule is Cc1ccc(C(=O)O)c(-c2cncnc2)c1. The summed E-state index contributed by atoms with van der Waals surface area (Å²) in [6.07, 6.45) is 4.63. The van der Waals surface area contributed by atoms with E-state index >= 15 is 0 Å². The Bertz CT molecular complexity index is 524. The number of carbonyl (C=O) groups is 1. The molecule has 1 N–H and O–H groups in total. The summed E-state index contributed by atoms with van der Waals surface area (Å²) in [5.74, 6) is -0.946. The first-order chi connectivity index (χ1) is 7.68. The lowest BCUT2D eigenvalue weighted by Gasteiger charge is -2.06. The van der Waals surface area contributed by atoms with Crippen LogP contribution in [-0.2, 0) is 0 Å². The second-order valence-corrected chi connectivity index (χ2v) is 3.48. The monoisotopic (exact) mass is 214 g/mol. The minimum absolute atomic E-state index is 0.264. The summed E-state index contributed by atoms with van der Waals surface area (Å²) in [6.45, 7) is 1.92. The van der Waals surface area contributed by atoms with E-state index in [9.17, 15) is 4.79 Å². The molecule has 1 aromatic carbocycles. The van der Waals surface area contributed by atoms with Crippen LogP contribution in [0.15, 0.2) is 36.9 Å². The van der Waals surface area contributed by atoms with E-state index in [1.165, 1.54) is 6.33 Å². The third-order valence-corrected chi connectivity index (χ3v) is 2.28. The fraction of sp³-hybridized carbons (Fsp3) is 0.0833. The van der Waals surface area contributed by atoms with Gasteiger partial charge in [0.1, 0.15) is 6.33 Å². The Hall–Kier alpha value is -2.23. The molecule has 0 saturated carbocycles. The average molecular weight is 214 g/mol. The van der Waals surface area contributed by atoms with Gasteiger partial charge in [0.05, 0.1) is 5.56 Å². The summed E-state index contributed by atoms with van der Waals surface area (Å²) in [5, 5.41) is 9.08. The van der Waals surface area contributed by atoms with Gasteiger partial charge in [-0.3, -0.25) is 0 Å². The summed E-state index contributed by atoms with van der Waals surface area (Å²) < 4.78 is 0. The van der Waals surface area contributed by atoms with Crippen LogP contribution >= 0.6 is 0 Å². The van der Waals surface area contributed by atoms with Gasteiger partial charge in [-0.1, -0.05) is 17.7 Å². The van der Waals surface area contributed by atoms with Crippen molar-refractivity contribution in [2.75, 3.05) is 0 Å². The number of benzene rings is 1. The minimum atomic E-state index is -0.946. The van der Waals surface area contributed by atoms with Crippen LogP contribution in [0.2, 0.25) is 0 Å². The van der Waals surface area contributed by atoms with Gasteiger partial charge < -0.3 is 5.11 Å². The Morgan fingerprint density at radius 2 is 1.94 bits per heavy atom. The largest absolute Gasteiger partial charge is 0.478 e. The van der Waals surface area contributed by atoms with Crippen molar-refractivity contribution in [1.29, 1.82) is 0 Å². The molecule has 0 bridgehead atoms. The van der Waals surface area contributed by atoms with E-state index in [4.69, 9.17) is 5.11 Å². The molecule has 1 heterocycles. The van der Waals surface area contributed by atoms with Crippen LogP contribution < -0.4 is 0 Å². The van der Waals surface area contributed by atoms with Crippen molar-refractivity contribution in [3.8, 4) is 11.1 Å². The second kappa shape index (κ2) is 4.10. The summed E-state index contributed by atoms with van der Waals surface area (Å²) in [6, 6.07) is 5.19. The van der Waals surface area contributed by atoms with E-state index < -0.39 is 5.97 Å². The molecule has 0 aliphatic rings. The lowest BCUT2D eigenvalue weighted by molar-refractivity contribution is 0.0698. The third-order valence-electron chi connectivity index (χ3n) is 2.28. The highest BCUT2D eigenvalue weighted by Crippen LogP contribution is 2.23. The number of rotatable bonds is 2. The number of carboxylic acid groups (broad SMARTS) is 1. The fourth-order valence-electron chi connectivity index (χ4n) is 1.52. The lowest BCUT2D eigenvalue weighted by atomic mass is 10.00. The van der Waals surface area contributed by atoms with Gasteiger partial charge in [0, 0.05) is 18.0 Å². The van der Waals surface area contributed by atoms with Gasteiger partial charge in [-0.25, -0.2) is 14.8 Å². The van der Waals surface area contributed by atoms with Crippen molar-refractivity contribution in [3.05, 3.63) is 48.0 Å². The smallest absolute Gasteiger partial charge is 0.336 e. The number of carboxylic acids is 1. The van der Waals surface area contributed by atoms with Crippen LogP contribution in [0, 0.1) is 6.92 Å². The zero-order valence-electron chi connectivity index (χ0n) is 8.71. The highest BCUT2D eigenvalue weighted by atomic mass is 16.4. The van der Waals surface area contributed by atoms with E-state index in [1.54, 1.807) is 24.5 Å². The predicted octanol–water partition coefficient (Wildman–Crippen LogP) is 2.15. The number of aryl methyl sites for hydroxylation is 1. The molecule has 0 atom stereocenters. The van der Waals surface area contributed by atoms with Crippen molar-refractivity contribution in [1.82, 2.24) is 9.97 Å². The fourth-order valence-corrected chi connectivity index (χ4v) is 1.52. The van der Waals surface area contributed by atoms with Crippen molar-refractivity contribution in [3.63, 3.8) is 0 Å². The van der Waals surface area contributed by atoms with Crippen molar-refractivity contribution >= 4 is 5.97 Å². The lowest BCUT2D eigenvalue weighted by Crippen LogP contribution is -2.00. The normalized spacial score (nSPS) is 10.1. The zero-order chi connectivity index (χ0) is 11.5. The number of aromatic nitrogens is 2. The Morgan fingerprint density at radius 3 is 2.56 bits per heavy atom.